The van der Waals surface area contributed by atoms with Crippen molar-refractivity contribution >= 4 is 58.0 Å². The Morgan fingerprint density at radius 2 is 1.52 bits per heavy atom. The fraction of sp³-hybridized carbons (Fsp3) is 0.0667. The van der Waals surface area contributed by atoms with Gasteiger partial charge in [0.25, 0.3) is 0 Å². The lowest BCUT2D eigenvalue weighted by atomic mass is 10.3. The highest BCUT2D eigenvalue weighted by Crippen LogP contribution is 2.30. The number of amides is 2. The lowest BCUT2D eigenvalue weighted by molar-refractivity contribution is -0.132. The minimum Gasteiger partial charge on any atom is -0.495 e. The molecule has 0 aliphatic carbocycles. The molecule has 0 saturated heterocycles. The summed E-state index contributed by atoms with van der Waals surface area (Å²) in [4.78, 5) is 23.9. The number of nitrogens with one attached hydrogen (secondary N) is 2. The van der Waals surface area contributed by atoms with E-state index in [2.05, 4.69) is 10.6 Å². The molecule has 120 valence electrons. The van der Waals surface area contributed by atoms with E-state index in [1.807, 2.05) is 0 Å². The Kier molecular flexibility index (Phi) is 5.71. The van der Waals surface area contributed by atoms with Crippen LogP contribution < -0.4 is 15.4 Å². The van der Waals surface area contributed by atoms with Crippen molar-refractivity contribution in [3.05, 3.63) is 51.5 Å². The number of hydrogen-bond donors (Lipinski definition) is 2. The van der Waals surface area contributed by atoms with Gasteiger partial charge in [-0.05, 0) is 30.3 Å². The van der Waals surface area contributed by atoms with Crippen LogP contribution >= 0.6 is 34.8 Å². The van der Waals surface area contributed by atoms with Crippen LogP contribution in [0.4, 0.5) is 11.4 Å². The smallest absolute Gasteiger partial charge is 0.314 e. The van der Waals surface area contributed by atoms with Gasteiger partial charge in [-0.25, -0.2) is 0 Å². The van der Waals surface area contributed by atoms with E-state index < -0.39 is 11.8 Å². The molecule has 0 bridgehead atoms. The Morgan fingerprint density at radius 3 is 2.09 bits per heavy atom. The summed E-state index contributed by atoms with van der Waals surface area (Å²) in [6, 6.07) is 9.31. The summed E-state index contributed by atoms with van der Waals surface area (Å²) in [5.41, 5.74) is 0.518. The molecule has 0 atom stereocenters. The van der Waals surface area contributed by atoms with E-state index in [0.29, 0.717) is 16.5 Å². The predicted molar refractivity (Wildman–Crippen MR) is 91.7 cm³/mol. The monoisotopic (exact) mass is 372 g/mol. The molecule has 0 spiro atoms. The Hall–Kier alpha value is -1.95. The van der Waals surface area contributed by atoms with Gasteiger partial charge in [-0.3, -0.25) is 9.59 Å². The fourth-order valence-electron chi connectivity index (χ4n) is 1.72. The van der Waals surface area contributed by atoms with Crippen molar-refractivity contribution in [1.82, 2.24) is 0 Å². The maximum atomic E-state index is 11.9. The zero-order valence-electron chi connectivity index (χ0n) is 11.8. The molecule has 2 rings (SSSR count). The molecule has 0 unspecified atom stereocenters. The molecule has 23 heavy (non-hydrogen) atoms. The first-order valence-electron chi connectivity index (χ1n) is 6.32. The molecule has 5 nitrogen and oxygen atoms in total. The van der Waals surface area contributed by atoms with Crippen LogP contribution in [-0.2, 0) is 9.59 Å². The number of halogens is 3. The number of carbonyl (C=O) groups excluding carboxylic acids is 2. The van der Waals surface area contributed by atoms with Crippen LogP contribution in [0, 0.1) is 0 Å². The van der Waals surface area contributed by atoms with Crippen LogP contribution in [0.2, 0.25) is 15.1 Å². The minimum atomic E-state index is -0.910. The van der Waals surface area contributed by atoms with Crippen molar-refractivity contribution < 1.29 is 14.3 Å². The van der Waals surface area contributed by atoms with E-state index in [9.17, 15) is 9.59 Å². The maximum absolute atomic E-state index is 11.9. The van der Waals surface area contributed by atoms with Gasteiger partial charge in [0.05, 0.1) is 27.9 Å². The number of benzene rings is 2. The van der Waals surface area contributed by atoms with Gasteiger partial charge in [-0.1, -0.05) is 40.9 Å². The van der Waals surface area contributed by atoms with Crippen molar-refractivity contribution in [3.8, 4) is 5.75 Å². The molecule has 2 aromatic carbocycles. The van der Waals surface area contributed by atoms with Crippen LogP contribution in [-0.4, -0.2) is 18.9 Å². The molecule has 8 heteroatoms. The average Bonchev–Trinajstić information content (AvgIpc) is 2.51. The van der Waals surface area contributed by atoms with Gasteiger partial charge >= 0.3 is 11.8 Å². The fourth-order valence-corrected chi connectivity index (χ4v) is 2.47. The second kappa shape index (κ2) is 7.55. The third kappa shape index (κ3) is 4.28. The molecule has 2 aromatic rings. The van der Waals surface area contributed by atoms with Crippen molar-refractivity contribution in [2.75, 3.05) is 17.7 Å². The number of anilines is 2. The first-order chi connectivity index (χ1) is 10.9. The summed E-state index contributed by atoms with van der Waals surface area (Å²) < 4.78 is 5.00. The Bertz CT molecular complexity index is 745. The molecule has 2 N–H and O–H groups in total. The number of para-hydroxylation sites is 1. The van der Waals surface area contributed by atoms with Crippen LogP contribution in [0.1, 0.15) is 0 Å². The van der Waals surface area contributed by atoms with Crippen LogP contribution in [0.25, 0.3) is 0 Å². The summed E-state index contributed by atoms with van der Waals surface area (Å²) >= 11 is 17.8. The standard InChI is InChI=1S/C15H11Cl3N2O3/c1-23-12-6-5-8(7-11(12)18)19-14(21)15(22)20-13-9(16)3-2-4-10(13)17/h2-7H,1H3,(H,19,21)(H,20,22). The highest BCUT2D eigenvalue weighted by Gasteiger charge is 2.17. The molecule has 0 heterocycles. The van der Waals surface area contributed by atoms with E-state index in [-0.39, 0.29) is 15.7 Å². The molecule has 2 amide bonds. The van der Waals surface area contributed by atoms with Gasteiger partial charge in [0.1, 0.15) is 5.75 Å². The summed E-state index contributed by atoms with van der Waals surface area (Å²) in [5.74, 6) is -1.34. The van der Waals surface area contributed by atoms with Crippen LogP contribution in [0.3, 0.4) is 0 Å². The van der Waals surface area contributed by atoms with Gasteiger partial charge < -0.3 is 15.4 Å². The van der Waals surface area contributed by atoms with Crippen molar-refractivity contribution in [3.63, 3.8) is 0 Å². The third-order valence-electron chi connectivity index (χ3n) is 2.82. The lowest BCUT2D eigenvalue weighted by Crippen LogP contribution is -2.29. The molecule has 0 fully saturated rings. The Morgan fingerprint density at radius 1 is 0.913 bits per heavy atom. The number of methoxy groups -OCH3 is 1. The van der Waals surface area contributed by atoms with Gasteiger partial charge in [-0.15, -0.1) is 0 Å². The van der Waals surface area contributed by atoms with Gasteiger partial charge in [0.15, 0.2) is 0 Å². The quantitative estimate of drug-likeness (QED) is 0.791. The average molecular weight is 374 g/mol. The zero-order valence-corrected chi connectivity index (χ0v) is 14.1. The van der Waals surface area contributed by atoms with Crippen molar-refractivity contribution in [2.24, 2.45) is 0 Å². The second-order valence-electron chi connectivity index (χ2n) is 4.35. The minimum absolute atomic E-state index is 0.170. The number of hydrogen-bond acceptors (Lipinski definition) is 3. The summed E-state index contributed by atoms with van der Waals surface area (Å²) in [5, 5.41) is 5.54. The van der Waals surface area contributed by atoms with E-state index in [1.165, 1.54) is 13.2 Å². The predicted octanol–water partition coefficient (Wildman–Crippen LogP) is 4.23. The van der Waals surface area contributed by atoms with Gasteiger partial charge in [0, 0.05) is 5.69 Å². The highest BCUT2D eigenvalue weighted by molar-refractivity contribution is 6.46. The maximum Gasteiger partial charge on any atom is 0.314 e. The van der Waals surface area contributed by atoms with Crippen molar-refractivity contribution in [1.29, 1.82) is 0 Å². The van der Waals surface area contributed by atoms with Crippen LogP contribution in [0.15, 0.2) is 36.4 Å². The van der Waals surface area contributed by atoms with E-state index >= 15 is 0 Å². The molecule has 0 saturated carbocycles. The normalized spacial score (nSPS) is 10.1. The zero-order chi connectivity index (χ0) is 17.0. The second-order valence-corrected chi connectivity index (χ2v) is 5.58. The van der Waals surface area contributed by atoms with Crippen LogP contribution in [0.5, 0.6) is 5.75 Å². The van der Waals surface area contributed by atoms with Crippen molar-refractivity contribution in [2.45, 2.75) is 0 Å². The van der Waals surface area contributed by atoms with Gasteiger partial charge in [0.2, 0.25) is 0 Å². The summed E-state index contributed by atoms with van der Waals surface area (Å²) in [6.07, 6.45) is 0. The van der Waals surface area contributed by atoms with E-state index in [1.54, 1.807) is 30.3 Å². The third-order valence-corrected chi connectivity index (χ3v) is 3.74. The number of ether oxygens (including phenoxy) is 1. The first kappa shape index (κ1) is 17.4. The largest absolute Gasteiger partial charge is 0.495 e. The lowest BCUT2D eigenvalue weighted by Gasteiger charge is -2.10. The molecule has 0 aromatic heterocycles. The molecular formula is C15H11Cl3N2O3. The topological polar surface area (TPSA) is 67.4 Å². The highest BCUT2D eigenvalue weighted by atomic mass is 35.5. The van der Waals surface area contributed by atoms with E-state index in [4.69, 9.17) is 39.5 Å². The SMILES string of the molecule is COc1ccc(NC(=O)C(=O)Nc2c(Cl)cccc2Cl)cc1Cl. The molecule has 0 aliphatic rings. The Balaban J connectivity index is 2.09. The number of carbonyl (C=O) groups is 2. The molecular weight excluding hydrogens is 363 g/mol. The summed E-state index contributed by atoms with van der Waals surface area (Å²) in [7, 11) is 1.47. The Labute approximate surface area is 147 Å². The van der Waals surface area contributed by atoms with Gasteiger partial charge in [-0.2, -0.15) is 0 Å². The molecule has 0 aliphatic heterocycles. The van der Waals surface area contributed by atoms with E-state index in [0.717, 1.165) is 0 Å². The molecule has 0 radical (unpaired) electrons. The summed E-state index contributed by atoms with van der Waals surface area (Å²) in [6.45, 7) is 0. The first-order valence-corrected chi connectivity index (χ1v) is 7.45. The number of rotatable bonds is 3.